The summed E-state index contributed by atoms with van der Waals surface area (Å²) in [5.74, 6) is 1.81. The Labute approximate surface area is 159 Å². The van der Waals surface area contributed by atoms with Crippen molar-refractivity contribution in [2.24, 2.45) is 0 Å². The Hall–Kier alpha value is -2.83. The number of ether oxygens (including phenoxy) is 5. The summed E-state index contributed by atoms with van der Waals surface area (Å²) in [4.78, 5) is 12.4. The summed E-state index contributed by atoms with van der Waals surface area (Å²) in [6.07, 6.45) is 3.22. The van der Waals surface area contributed by atoms with Crippen LogP contribution in [0, 0.1) is 6.92 Å². The minimum atomic E-state index is -0.118. The van der Waals surface area contributed by atoms with Gasteiger partial charge in [-0.3, -0.25) is 4.79 Å². The second-order valence-electron chi connectivity index (χ2n) is 5.63. The molecule has 0 bridgehead atoms. The largest absolute Gasteiger partial charge is 0.497 e. The van der Waals surface area contributed by atoms with Gasteiger partial charge < -0.3 is 23.7 Å². The lowest BCUT2D eigenvalue weighted by molar-refractivity contribution is 0.0449. The number of methoxy groups -OCH3 is 3. The zero-order valence-corrected chi connectivity index (χ0v) is 16.0. The standard InChI is InChI=1S/C21H24O6/c1-15-20(26-13-23-2)12-8-17(21(15)27-14-24-3)7-11-19(22)16-5-9-18(25-4)10-6-16/h5-12H,13-14H2,1-4H3/b11-7+. The van der Waals surface area contributed by atoms with Crippen molar-refractivity contribution in [2.75, 3.05) is 34.9 Å². The topological polar surface area (TPSA) is 63.2 Å². The molecule has 0 radical (unpaired) electrons. The van der Waals surface area contributed by atoms with Crippen LogP contribution in [0.3, 0.4) is 0 Å². The molecule has 6 heteroatoms. The number of hydrogen-bond donors (Lipinski definition) is 0. The van der Waals surface area contributed by atoms with Gasteiger partial charge in [-0.2, -0.15) is 0 Å². The number of carbonyl (C=O) groups excluding carboxylic acids is 1. The molecule has 0 aromatic heterocycles. The second-order valence-corrected chi connectivity index (χ2v) is 5.63. The van der Waals surface area contributed by atoms with Crippen LogP contribution in [0.4, 0.5) is 0 Å². The molecular formula is C21H24O6. The predicted octanol–water partition coefficient (Wildman–Crippen LogP) is 3.87. The molecule has 0 heterocycles. The van der Waals surface area contributed by atoms with Crippen molar-refractivity contribution >= 4 is 11.9 Å². The first kappa shape index (κ1) is 20.5. The summed E-state index contributed by atoms with van der Waals surface area (Å²) in [5, 5.41) is 0. The Balaban J connectivity index is 2.25. The maximum absolute atomic E-state index is 12.4. The monoisotopic (exact) mass is 372 g/mol. The van der Waals surface area contributed by atoms with E-state index in [0.29, 0.717) is 22.8 Å². The molecule has 0 N–H and O–H groups in total. The van der Waals surface area contributed by atoms with Crippen molar-refractivity contribution in [1.29, 1.82) is 0 Å². The second kappa shape index (κ2) is 10.4. The Bertz CT molecular complexity index is 780. The SMILES string of the molecule is COCOc1ccc(/C=C/C(=O)c2ccc(OC)cc2)c(OCOC)c1C. The van der Waals surface area contributed by atoms with Crippen molar-refractivity contribution in [1.82, 2.24) is 0 Å². The van der Waals surface area contributed by atoms with Crippen LogP contribution in [0.5, 0.6) is 17.2 Å². The summed E-state index contributed by atoms with van der Waals surface area (Å²) >= 11 is 0. The molecule has 0 aliphatic heterocycles. The number of hydrogen-bond acceptors (Lipinski definition) is 6. The van der Waals surface area contributed by atoms with Crippen LogP contribution in [-0.2, 0) is 9.47 Å². The molecule has 0 spiro atoms. The molecule has 144 valence electrons. The van der Waals surface area contributed by atoms with E-state index in [1.165, 1.54) is 6.08 Å². The summed E-state index contributed by atoms with van der Waals surface area (Å²) in [7, 11) is 4.68. The highest BCUT2D eigenvalue weighted by Gasteiger charge is 2.12. The van der Waals surface area contributed by atoms with Gasteiger partial charge in [0.25, 0.3) is 0 Å². The van der Waals surface area contributed by atoms with Gasteiger partial charge in [0.1, 0.15) is 17.2 Å². The van der Waals surface area contributed by atoms with E-state index in [1.807, 2.05) is 19.1 Å². The molecule has 0 fully saturated rings. The molecule has 6 nitrogen and oxygen atoms in total. The quantitative estimate of drug-likeness (QED) is 0.358. The predicted molar refractivity (Wildman–Crippen MR) is 103 cm³/mol. The minimum Gasteiger partial charge on any atom is -0.497 e. The van der Waals surface area contributed by atoms with Gasteiger partial charge in [0.15, 0.2) is 19.4 Å². The highest BCUT2D eigenvalue weighted by molar-refractivity contribution is 6.07. The number of carbonyl (C=O) groups is 1. The molecule has 0 aliphatic rings. The van der Waals surface area contributed by atoms with Gasteiger partial charge in [-0.1, -0.05) is 0 Å². The fourth-order valence-electron chi connectivity index (χ4n) is 2.43. The Morgan fingerprint density at radius 2 is 1.59 bits per heavy atom. The van der Waals surface area contributed by atoms with E-state index in [4.69, 9.17) is 23.7 Å². The zero-order chi connectivity index (χ0) is 19.6. The van der Waals surface area contributed by atoms with E-state index >= 15 is 0 Å². The number of allylic oxidation sites excluding steroid dienone is 1. The lowest BCUT2D eigenvalue weighted by Crippen LogP contribution is -2.05. The lowest BCUT2D eigenvalue weighted by atomic mass is 10.1. The Kier molecular flexibility index (Phi) is 7.85. The number of benzene rings is 2. The molecule has 0 unspecified atom stereocenters. The van der Waals surface area contributed by atoms with Gasteiger partial charge in [0.2, 0.25) is 0 Å². The van der Waals surface area contributed by atoms with E-state index in [-0.39, 0.29) is 19.4 Å². The van der Waals surface area contributed by atoms with Gasteiger partial charge in [0.05, 0.1) is 7.11 Å². The van der Waals surface area contributed by atoms with Crippen molar-refractivity contribution in [3.8, 4) is 17.2 Å². The Morgan fingerprint density at radius 1 is 0.926 bits per heavy atom. The fourth-order valence-corrected chi connectivity index (χ4v) is 2.43. The van der Waals surface area contributed by atoms with Crippen LogP contribution < -0.4 is 14.2 Å². The van der Waals surface area contributed by atoms with Crippen LogP contribution >= 0.6 is 0 Å². The first-order valence-corrected chi connectivity index (χ1v) is 8.34. The number of rotatable bonds is 10. The van der Waals surface area contributed by atoms with E-state index in [2.05, 4.69) is 0 Å². The highest BCUT2D eigenvalue weighted by Crippen LogP contribution is 2.32. The third-order valence-corrected chi connectivity index (χ3v) is 3.83. The van der Waals surface area contributed by atoms with Crippen molar-refractivity contribution < 1.29 is 28.5 Å². The van der Waals surface area contributed by atoms with Gasteiger partial charge >= 0.3 is 0 Å². The Morgan fingerprint density at radius 3 is 2.22 bits per heavy atom. The van der Waals surface area contributed by atoms with Crippen molar-refractivity contribution in [3.05, 3.63) is 59.2 Å². The summed E-state index contributed by atoms with van der Waals surface area (Å²) in [6, 6.07) is 10.6. The van der Waals surface area contributed by atoms with Crippen LogP contribution in [0.2, 0.25) is 0 Å². The van der Waals surface area contributed by atoms with Crippen molar-refractivity contribution in [2.45, 2.75) is 6.92 Å². The zero-order valence-electron chi connectivity index (χ0n) is 16.0. The van der Waals surface area contributed by atoms with Gasteiger partial charge in [-0.15, -0.1) is 0 Å². The summed E-state index contributed by atoms with van der Waals surface area (Å²) in [5.41, 5.74) is 2.11. The molecule has 2 aromatic rings. The minimum absolute atomic E-state index is 0.0852. The van der Waals surface area contributed by atoms with E-state index < -0.39 is 0 Å². The molecule has 0 saturated heterocycles. The third-order valence-electron chi connectivity index (χ3n) is 3.83. The van der Waals surface area contributed by atoms with E-state index in [9.17, 15) is 4.79 Å². The maximum Gasteiger partial charge on any atom is 0.188 e. The molecule has 0 atom stereocenters. The summed E-state index contributed by atoms with van der Waals surface area (Å²) in [6.45, 7) is 2.09. The average molecular weight is 372 g/mol. The smallest absolute Gasteiger partial charge is 0.188 e. The molecule has 0 amide bonds. The molecule has 2 aromatic carbocycles. The fraction of sp³-hybridized carbons (Fsp3) is 0.286. The van der Waals surface area contributed by atoms with Crippen LogP contribution in [0.1, 0.15) is 21.5 Å². The van der Waals surface area contributed by atoms with Gasteiger partial charge in [0, 0.05) is 30.9 Å². The van der Waals surface area contributed by atoms with Crippen LogP contribution in [-0.4, -0.2) is 40.7 Å². The molecular weight excluding hydrogens is 348 g/mol. The maximum atomic E-state index is 12.4. The summed E-state index contributed by atoms with van der Waals surface area (Å²) < 4.78 is 26.3. The lowest BCUT2D eigenvalue weighted by Gasteiger charge is -2.15. The van der Waals surface area contributed by atoms with Gasteiger partial charge in [-0.25, -0.2) is 0 Å². The molecule has 27 heavy (non-hydrogen) atoms. The van der Waals surface area contributed by atoms with E-state index in [0.717, 1.165) is 11.1 Å². The average Bonchev–Trinajstić information content (AvgIpc) is 2.70. The van der Waals surface area contributed by atoms with E-state index in [1.54, 1.807) is 51.7 Å². The molecule has 2 rings (SSSR count). The first-order valence-electron chi connectivity index (χ1n) is 8.34. The molecule has 0 aliphatic carbocycles. The van der Waals surface area contributed by atoms with Crippen LogP contribution in [0.25, 0.3) is 6.08 Å². The highest BCUT2D eigenvalue weighted by atomic mass is 16.7. The third kappa shape index (κ3) is 5.57. The first-order chi connectivity index (χ1) is 13.1. The normalized spacial score (nSPS) is 10.8. The molecule has 0 saturated carbocycles. The van der Waals surface area contributed by atoms with Gasteiger partial charge in [-0.05, 0) is 55.5 Å². The number of ketones is 1. The van der Waals surface area contributed by atoms with Crippen LogP contribution in [0.15, 0.2) is 42.5 Å². The van der Waals surface area contributed by atoms with Crippen molar-refractivity contribution in [3.63, 3.8) is 0 Å².